The zero-order valence-electron chi connectivity index (χ0n) is 13.0. The number of anilines is 1. The highest BCUT2D eigenvalue weighted by molar-refractivity contribution is 7.92. The molecule has 0 atom stereocenters. The minimum absolute atomic E-state index is 0.282. The van der Waals surface area contributed by atoms with Gasteiger partial charge in [0.1, 0.15) is 11.6 Å². The molecular formula is C17H15N3O3S. The number of pyridine rings is 2. The number of fused-ring (bicyclic) bond motifs is 2. The van der Waals surface area contributed by atoms with Crippen LogP contribution >= 0.6 is 0 Å². The molecule has 0 radical (unpaired) electrons. The Morgan fingerprint density at radius 2 is 2.08 bits per heavy atom. The monoisotopic (exact) mass is 341 g/mol. The third-order valence-corrected chi connectivity index (χ3v) is 4.42. The third kappa shape index (κ3) is 2.78. The number of rotatable bonds is 3. The highest BCUT2D eigenvalue weighted by Crippen LogP contribution is 2.33. The van der Waals surface area contributed by atoms with Crippen molar-refractivity contribution in [1.82, 2.24) is 9.97 Å². The van der Waals surface area contributed by atoms with Crippen molar-refractivity contribution < 1.29 is 13.2 Å². The quantitative estimate of drug-likeness (QED) is 0.792. The van der Waals surface area contributed by atoms with E-state index in [4.69, 9.17) is 4.74 Å². The van der Waals surface area contributed by atoms with Crippen LogP contribution in [0.2, 0.25) is 0 Å². The Morgan fingerprint density at radius 3 is 2.92 bits per heavy atom. The highest BCUT2D eigenvalue weighted by Gasteiger charge is 2.16. The van der Waals surface area contributed by atoms with Crippen molar-refractivity contribution in [3.63, 3.8) is 0 Å². The van der Waals surface area contributed by atoms with Crippen molar-refractivity contribution >= 4 is 26.7 Å². The van der Waals surface area contributed by atoms with Crippen LogP contribution < -0.4 is 9.46 Å². The standard InChI is InChI=1S/C17H15N3O3S/c1-24(21,22)20-15-10-12-3-2-7-18-16(12)17(19-15)13-4-5-14-11(9-13)6-8-23-14/h2-5,7,9-10H,6,8H2,1H3,(H,19,20). The molecule has 122 valence electrons. The van der Waals surface area contributed by atoms with Crippen LogP contribution in [0, 0.1) is 0 Å². The fourth-order valence-corrected chi connectivity index (χ4v) is 3.35. The van der Waals surface area contributed by atoms with Crippen LogP contribution in [0.3, 0.4) is 0 Å². The van der Waals surface area contributed by atoms with Crippen LogP contribution in [-0.4, -0.2) is 31.2 Å². The number of hydrogen-bond donors (Lipinski definition) is 1. The molecule has 4 rings (SSSR count). The van der Waals surface area contributed by atoms with Crippen molar-refractivity contribution in [2.45, 2.75) is 6.42 Å². The molecule has 0 saturated carbocycles. The highest BCUT2D eigenvalue weighted by atomic mass is 32.2. The topological polar surface area (TPSA) is 81.2 Å². The van der Waals surface area contributed by atoms with Gasteiger partial charge in [-0.3, -0.25) is 9.71 Å². The molecule has 0 saturated heterocycles. The molecule has 3 heterocycles. The Labute approximate surface area is 139 Å². The Bertz CT molecular complexity index is 1050. The second kappa shape index (κ2) is 5.45. The molecular weight excluding hydrogens is 326 g/mol. The Morgan fingerprint density at radius 1 is 1.21 bits per heavy atom. The van der Waals surface area contributed by atoms with Crippen LogP contribution in [0.4, 0.5) is 5.82 Å². The second-order valence-corrected chi connectivity index (χ2v) is 7.47. The SMILES string of the molecule is CS(=O)(=O)Nc1cc2cccnc2c(-c2ccc3c(c2)CCO3)n1. The lowest BCUT2D eigenvalue weighted by molar-refractivity contribution is 0.357. The second-order valence-electron chi connectivity index (χ2n) is 5.73. The molecule has 1 aromatic carbocycles. The van der Waals surface area contributed by atoms with Gasteiger partial charge in [0.25, 0.3) is 0 Å². The molecule has 1 aliphatic heterocycles. The van der Waals surface area contributed by atoms with E-state index in [-0.39, 0.29) is 5.82 Å². The summed E-state index contributed by atoms with van der Waals surface area (Å²) in [5.74, 6) is 1.17. The van der Waals surface area contributed by atoms with E-state index in [9.17, 15) is 8.42 Å². The molecule has 0 bridgehead atoms. The van der Waals surface area contributed by atoms with E-state index in [0.717, 1.165) is 40.5 Å². The van der Waals surface area contributed by atoms with Gasteiger partial charge in [0.2, 0.25) is 10.0 Å². The third-order valence-electron chi connectivity index (χ3n) is 3.84. The summed E-state index contributed by atoms with van der Waals surface area (Å²) in [7, 11) is -3.41. The van der Waals surface area contributed by atoms with Gasteiger partial charge >= 0.3 is 0 Å². The summed E-state index contributed by atoms with van der Waals surface area (Å²) >= 11 is 0. The zero-order chi connectivity index (χ0) is 16.7. The summed E-state index contributed by atoms with van der Waals surface area (Å²) in [6.45, 7) is 0.681. The first-order valence-corrected chi connectivity index (χ1v) is 9.38. The summed E-state index contributed by atoms with van der Waals surface area (Å²) in [5, 5.41) is 0.824. The number of sulfonamides is 1. The Hall–Kier alpha value is -2.67. The van der Waals surface area contributed by atoms with Crippen LogP contribution in [-0.2, 0) is 16.4 Å². The van der Waals surface area contributed by atoms with Gasteiger partial charge in [-0.25, -0.2) is 13.4 Å². The van der Waals surface area contributed by atoms with E-state index in [2.05, 4.69) is 14.7 Å². The maximum absolute atomic E-state index is 11.6. The van der Waals surface area contributed by atoms with Crippen LogP contribution in [0.15, 0.2) is 42.6 Å². The van der Waals surface area contributed by atoms with Gasteiger partial charge in [0.15, 0.2) is 0 Å². The molecule has 0 fully saturated rings. The molecule has 1 aliphatic rings. The average Bonchev–Trinajstić information content (AvgIpc) is 3.00. The molecule has 24 heavy (non-hydrogen) atoms. The molecule has 0 amide bonds. The fourth-order valence-electron chi connectivity index (χ4n) is 2.86. The van der Waals surface area contributed by atoms with Gasteiger partial charge in [-0.05, 0) is 35.9 Å². The normalized spacial score (nSPS) is 13.5. The van der Waals surface area contributed by atoms with E-state index < -0.39 is 10.0 Å². The number of aromatic nitrogens is 2. The first-order chi connectivity index (χ1) is 11.5. The van der Waals surface area contributed by atoms with E-state index >= 15 is 0 Å². The summed E-state index contributed by atoms with van der Waals surface area (Å²) in [6, 6.07) is 11.3. The van der Waals surface area contributed by atoms with Gasteiger partial charge in [0.05, 0.1) is 24.1 Å². The molecule has 1 N–H and O–H groups in total. The van der Waals surface area contributed by atoms with Crippen LogP contribution in [0.25, 0.3) is 22.2 Å². The summed E-state index contributed by atoms with van der Waals surface area (Å²) in [4.78, 5) is 8.91. The first-order valence-electron chi connectivity index (χ1n) is 7.49. The van der Waals surface area contributed by atoms with Crippen LogP contribution in [0.1, 0.15) is 5.56 Å². The Balaban J connectivity index is 1.92. The minimum atomic E-state index is -3.41. The summed E-state index contributed by atoms with van der Waals surface area (Å²) < 4.78 is 31.1. The molecule has 0 unspecified atom stereocenters. The molecule has 6 nitrogen and oxygen atoms in total. The van der Waals surface area contributed by atoms with Crippen LogP contribution in [0.5, 0.6) is 5.75 Å². The lowest BCUT2D eigenvalue weighted by Crippen LogP contribution is -2.11. The molecule has 3 aromatic rings. The predicted octanol–water partition coefficient (Wildman–Crippen LogP) is 2.60. The number of nitrogens with zero attached hydrogens (tertiary/aromatic N) is 2. The zero-order valence-corrected chi connectivity index (χ0v) is 13.8. The van der Waals surface area contributed by atoms with Crippen molar-refractivity contribution in [3.8, 4) is 17.0 Å². The fraction of sp³-hybridized carbons (Fsp3) is 0.176. The van der Waals surface area contributed by atoms with E-state index in [1.54, 1.807) is 12.3 Å². The van der Waals surface area contributed by atoms with E-state index in [0.29, 0.717) is 12.3 Å². The van der Waals surface area contributed by atoms with Crippen molar-refractivity contribution in [3.05, 3.63) is 48.2 Å². The molecule has 2 aromatic heterocycles. The van der Waals surface area contributed by atoms with Gasteiger partial charge < -0.3 is 4.74 Å². The number of nitrogens with one attached hydrogen (secondary N) is 1. The van der Waals surface area contributed by atoms with Gasteiger partial charge in [-0.15, -0.1) is 0 Å². The summed E-state index contributed by atoms with van der Waals surface area (Å²) in [6.07, 6.45) is 3.66. The first kappa shape index (κ1) is 14.9. The van der Waals surface area contributed by atoms with E-state index in [1.807, 2.05) is 30.3 Å². The van der Waals surface area contributed by atoms with Gasteiger partial charge in [-0.1, -0.05) is 6.07 Å². The molecule has 7 heteroatoms. The lowest BCUT2D eigenvalue weighted by atomic mass is 10.0. The lowest BCUT2D eigenvalue weighted by Gasteiger charge is -2.10. The Kier molecular flexibility index (Phi) is 3.38. The van der Waals surface area contributed by atoms with Crippen molar-refractivity contribution in [1.29, 1.82) is 0 Å². The number of ether oxygens (including phenoxy) is 1. The molecule has 0 spiro atoms. The maximum atomic E-state index is 11.6. The number of hydrogen-bond acceptors (Lipinski definition) is 5. The minimum Gasteiger partial charge on any atom is -0.493 e. The van der Waals surface area contributed by atoms with Crippen molar-refractivity contribution in [2.24, 2.45) is 0 Å². The smallest absolute Gasteiger partial charge is 0.230 e. The average molecular weight is 341 g/mol. The van der Waals surface area contributed by atoms with Gasteiger partial charge in [-0.2, -0.15) is 0 Å². The van der Waals surface area contributed by atoms with Crippen molar-refractivity contribution in [2.75, 3.05) is 17.6 Å². The largest absolute Gasteiger partial charge is 0.493 e. The summed E-state index contributed by atoms with van der Waals surface area (Å²) in [5.41, 5.74) is 3.39. The van der Waals surface area contributed by atoms with Gasteiger partial charge in [0, 0.05) is 23.6 Å². The number of benzene rings is 1. The van der Waals surface area contributed by atoms with E-state index in [1.165, 1.54) is 0 Å². The maximum Gasteiger partial charge on any atom is 0.230 e. The predicted molar refractivity (Wildman–Crippen MR) is 92.6 cm³/mol. The molecule has 0 aliphatic carbocycles.